The maximum atomic E-state index is 12.3. The van der Waals surface area contributed by atoms with E-state index in [1.807, 2.05) is 6.07 Å². The number of fused-ring (bicyclic) bond motifs is 1. The molecule has 3 N–H and O–H groups in total. The molecule has 1 atom stereocenters. The van der Waals surface area contributed by atoms with Gasteiger partial charge in [0.1, 0.15) is 5.00 Å². The number of nitrogens with zero attached hydrogens (tertiary/aromatic N) is 1. The van der Waals surface area contributed by atoms with Gasteiger partial charge in [0.05, 0.1) is 16.1 Å². The van der Waals surface area contributed by atoms with Gasteiger partial charge < -0.3 is 5.32 Å². The van der Waals surface area contributed by atoms with Gasteiger partial charge in [-0.05, 0) is 55.3 Å². The number of aromatic nitrogens is 1. The smallest absolute Gasteiger partial charge is 0.279 e. The van der Waals surface area contributed by atoms with E-state index in [2.05, 4.69) is 27.5 Å². The SMILES string of the molecule is CNc1snc(C)c1C(=O)NNC(=O)c1cc2c(s1)CCC(C)C2. The van der Waals surface area contributed by atoms with Gasteiger partial charge in [-0.25, -0.2) is 0 Å². The van der Waals surface area contributed by atoms with Crippen molar-refractivity contribution in [3.8, 4) is 0 Å². The second-order valence-electron chi connectivity index (χ2n) is 6.04. The second kappa shape index (κ2) is 6.90. The van der Waals surface area contributed by atoms with Crippen LogP contribution in [0.15, 0.2) is 6.07 Å². The summed E-state index contributed by atoms with van der Waals surface area (Å²) in [5.41, 5.74) is 7.35. The Bertz CT molecular complexity index is 781. The standard InChI is InChI=1S/C16H20N4O2S2/c1-8-4-5-11-10(6-8)7-12(23-11)14(21)18-19-15(22)13-9(2)20-24-16(13)17-3/h7-8,17H,4-6H2,1-3H3,(H,18,21)(H,19,22). The molecule has 24 heavy (non-hydrogen) atoms. The van der Waals surface area contributed by atoms with Gasteiger partial charge in [-0.3, -0.25) is 20.4 Å². The number of aryl methyl sites for hydroxylation is 2. The highest BCUT2D eigenvalue weighted by Crippen LogP contribution is 2.32. The fourth-order valence-electron chi connectivity index (χ4n) is 2.86. The molecular formula is C16H20N4O2S2. The molecule has 0 spiro atoms. The van der Waals surface area contributed by atoms with Gasteiger partial charge in [0.25, 0.3) is 11.8 Å². The largest absolute Gasteiger partial charge is 0.378 e. The molecule has 1 aliphatic carbocycles. The van der Waals surface area contributed by atoms with Crippen molar-refractivity contribution in [1.29, 1.82) is 0 Å². The lowest BCUT2D eigenvalue weighted by molar-refractivity contribution is 0.0849. The summed E-state index contributed by atoms with van der Waals surface area (Å²) in [5.74, 6) is 0.0212. The van der Waals surface area contributed by atoms with Gasteiger partial charge in [-0.2, -0.15) is 4.37 Å². The molecule has 2 amide bonds. The maximum Gasteiger partial charge on any atom is 0.279 e. The first-order valence-electron chi connectivity index (χ1n) is 7.86. The van der Waals surface area contributed by atoms with E-state index in [-0.39, 0.29) is 11.8 Å². The van der Waals surface area contributed by atoms with Crippen LogP contribution in [-0.2, 0) is 12.8 Å². The molecule has 2 aromatic rings. The average Bonchev–Trinajstić information content (AvgIpc) is 3.14. The number of hydrogen-bond acceptors (Lipinski definition) is 6. The third-order valence-electron chi connectivity index (χ3n) is 4.16. The van der Waals surface area contributed by atoms with Crippen LogP contribution in [0.5, 0.6) is 0 Å². The van der Waals surface area contributed by atoms with Crippen molar-refractivity contribution in [2.24, 2.45) is 5.92 Å². The Balaban J connectivity index is 1.65. The highest BCUT2D eigenvalue weighted by molar-refractivity contribution is 7.14. The first kappa shape index (κ1) is 16.9. The first-order chi connectivity index (χ1) is 11.5. The molecule has 0 fully saturated rings. The van der Waals surface area contributed by atoms with Crippen LogP contribution in [0.3, 0.4) is 0 Å². The topological polar surface area (TPSA) is 83.1 Å². The predicted octanol–water partition coefficient (Wildman–Crippen LogP) is 2.75. The second-order valence-corrected chi connectivity index (χ2v) is 7.95. The molecule has 0 saturated heterocycles. The lowest BCUT2D eigenvalue weighted by atomic mass is 9.90. The molecule has 8 heteroatoms. The maximum absolute atomic E-state index is 12.3. The molecular weight excluding hydrogens is 344 g/mol. The first-order valence-corrected chi connectivity index (χ1v) is 9.44. The van der Waals surface area contributed by atoms with Crippen molar-refractivity contribution in [1.82, 2.24) is 15.2 Å². The van der Waals surface area contributed by atoms with E-state index in [0.29, 0.717) is 27.1 Å². The summed E-state index contributed by atoms with van der Waals surface area (Å²) in [5, 5.41) is 3.62. The molecule has 1 unspecified atom stereocenters. The number of hydrazine groups is 1. The number of amides is 2. The van der Waals surface area contributed by atoms with Gasteiger partial charge in [0.2, 0.25) is 0 Å². The zero-order chi connectivity index (χ0) is 17.3. The fourth-order valence-corrected chi connectivity index (χ4v) is 4.71. The Morgan fingerprint density at radius 3 is 2.79 bits per heavy atom. The number of anilines is 1. The molecule has 0 radical (unpaired) electrons. The monoisotopic (exact) mass is 364 g/mol. The normalized spacial score (nSPS) is 16.4. The number of hydrogen-bond donors (Lipinski definition) is 3. The van der Waals surface area contributed by atoms with Crippen molar-refractivity contribution >= 4 is 39.7 Å². The van der Waals surface area contributed by atoms with Gasteiger partial charge in [-0.1, -0.05) is 6.92 Å². The highest BCUT2D eigenvalue weighted by Gasteiger charge is 2.22. The van der Waals surface area contributed by atoms with Crippen LogP contribution in [0.2, 0.25) is 0 Å². The summed E-state index contributed by atoms with van der Waals surface area (Å²) < 4.78 is 4.15. The Morgan fingerprint density at radius 2 is 2.04 bits per heavy atom. The van der Waals surface area contributed by atoms with Gasteiger partial charge in [-0.15, -0.1) is 11.3 Å². The Morgan fingerprint density at radius 1 is 1.29 bits per heavy atom. The number of carbonyl (C=O) groups is 2. The molecule has 128 valence electrons. The van der Waals surface area contributed by atoms with E-state index in [9.17, 15) is 9.59 Å². The molecule has 3 rings (SSSR count). The van der Waals surface area contributed by atoms with E-state index in [4.69, 9.17) is 0 Å². The molecule has 0 aliphatic heterocycles. The fraction of sp³-hybridized carbons (Fsp3) is 0.438. The molecule has 0 saturated carbocycles. The minimum Gasteiger partial charge on any atom is -0.378 e. The third-order valence-corrected chi connectivity index (χ3v) is 6.35. The van der Waals surface area contributed by atoms with E-state index in [1.54, 1.807) is 14.0 Å². The minimum atomic E-state index is -0.367. The highest BCUT2D eigenvalue weighted by atomic mass is 32.1. The molecule has 0 aromatic carbocycles. The lowest BCUT2D eigenvalue weighted by Crippen LogP contribution is -2.41. The van der Waals surface area contributed by atoms with E-state index in [1.165, 1.54) is 39.7 Å². The average molecular weight is 364 g/mol. The minimum absolute atomic E-state index is 0.276. The van der Waals surface area contributed by atoms with Crippen LogP contribution < -0.4 is 16.2 Å². The molecule has 0 bridgehead atoms. The third kappa shape index (κ3) is 3.29. The molecule has 2 heterocycles. The number of carbonyl (C=O) groups excluding carboxylic acids is 2. The predicted molar refractivity (Wildman–Crippen MR) is 96.8 cm³/mol. The Labute approximate surface area is 148 Å². The number of rotatable bonds is 3. The van der Waals surface area contributed by atoms with Crippen LogP contribution in [-0.4, -0.2) is 23.2 Å². The van der Waals surface area contributed by atoms with Crippen molar-refractivity contribution in [3.05, 3.63) is 32.6 Å². The summed E-state index contributed by atoms with van der Waals surface area (Å²) >= 11 is 2.74. The van der Waals surface area contributed by atoms with Crippen LogP contribution in [0.1, 0.15) is 49.5 Å². The summed E-state index contributed by atoms with van der Waals surface area (Å²) in [6.07, 6.45) is 3.23. The van der Waals surface area contributed by atoms with Gasteiger partial charge in [0, 0.05) is 11.9 Å². The van der Waals surface area contributed by atoms with Crippen molar-refractivity contribution in [2.75, 3.05) is 12.4 Å². The zero-order valence-corrected chi connectivity index (χ0v) is 15.5. The van der Waals surface area contributed by atoms with Crippen LogP contribution >= 0.6 is 22.9 Å². The Hall–Kier alpha value is -1.93. The van der Waals surface area contributed by atoms with E-state index < -0.39 is 0 Å². The van der Waals surface area contributed by atoms with Crippen molar-refractivity contribution in [2.45, 2.75) is 33.1 Å². The summed E-state index contributed by atoms with van der Waals surface area (Å²) in [6, 6.07) is 1.95. The van der Waals surface area contributed by atoms with Crippen LogP contribution in [0.25, 0.3) is 0 Å². The van der Waals surface area contributed by atoms with E-state index in [0.717, 1.165) is 12.8 Å². The Kier molecular flexibility index (Phi) is 4.86. The van der Waals surface area contributed by atoms with Crippen LogP contribution in [0, 0.1) is 12.8 Å². The molecule has 6 nitrogen and oxygen atoms in total. The summed E-state index contributed by atoms with van der Waals surface area (Å²) in [7, 11) is 1.74. The van der Waals surface area contributed by atoms with Crippen molar-refractivity contribution in [3.63, 3.8) is 0 Å². The van der Waals surface area contributed by atoms with Crippen molar-refractivity contribution < 1.29 is 9.59 Å². The van der Waals surface area contributed by atoms with Gasteiger partial charge in [0.15, 0.2) is 0 Å². The number of nitrogens with one attached hydrogen (secondary N) is 3. The summed E-state index contributed by atoms with van der Waals surface area (Å²) in [6.45, 7) is 4.00. The van der Waals surface area contributed by atoms with Gasteiger partial charge >= 0.3 is 0 Å². The lowest BCUT2D eigenvalue weighted by Gasteiger charge is -2.16. The summed E-state index contributed by atoms with van der Waals surface area (Å²) in [4.78, 5) is 26.5. The molecule has 2 aromatic heterocycles. The quantitative estimate of drug-likeness (QED) is 0.731. The van der Waals surface area contributed by atoms with Crippen LogP contribution in [0.4, 0.5) is 5.00 Å². The number of thiophene rings is 1. The molecule has 1 aliphatic rings. The van der Waals surface area contributed by atoms with E-state index >= 15 is 0 Å². The zero-order valence-electron chi connectivity index (χ0n) is 13.9.